The molecule has 0 heterocycles. The first-order chi connectivity index (χ1) is 7.97. The van der Waals surface area contributed by atoms with Crippen molar-refractivity contribution in [2.24, 2.45) is 5.73 Å². The number of halogens is 1. The molecule has 1 unspecified atom stereocenters. The molecule has 0 aliphatic heterocycles. The SMILES string of the molecule is COCC(C)N(C)c1ccc(C(=N)N)cc1Cl. The van der Waals surface area contributed by atoms with E-state index >= 15 is 0 Å². The lowest BCUT2D eigenvalue weighted by molar-refractivity contribution is 0.183. The second kappa shape index (κ2) is 5.89. The minimum atomic E-state index is 0.0195. The number of nitrogens with one attached hydrogen (secondary N) is 1. The summed E-state index contributed by atoms with van der Waals surface area (Å²) in [6.45, 7) is 2.68. The van der Waals surface area contributed by atoms with E-state index in [-0.39, 0.29) is 11.9 Å². The number of nitrogens with zero attached hydrogens (tertiary/aromatic N) is 1. The van der Waals surface area contributed by atoms with E-state index in [4.69, 9.17) is 27.5 Å². The molecule has 0 amide bonds. The monoisotopic (exact) mass is 255 g/mol. The molecular formula is C12H18ClN3O. The van der Waals surface area contributed by atoms with E-state index in [0.29, 0.717) is 17.2 Å². The zero-order chi connectivity index (χ0) is 13.0. The van der Waals surface area contributed by atoms with Crippen LogP contribution in [0.2, 0.25) is 5.02 Å². The van der Waals surface area contributed by atoms with Gasteiger partial charge in [-0.25, -0.2) is 0 Å². The Balaban J connectivity index is 2.95. The van der Waals surface area contributed by atoms with Gasteiger partial charge in [-0.2, -0.15) is 0 Å². The molecule has 1 rings (SSSR count). The van der Waals surface area contributed by atoms with Crippen molar-refractivity contribution in [2.75, 3.05) is 25.7 Å². The summed E-state index contributed by atoms with van der Waals surface area (Å²) in [5.74, 6) is 0.0195. The van der Waals surface area contributed by atoms with Crippen LogP contribution in [0.15, 0.2) is 18.2 Å². The topological polar surface area (TPSA) is 62.3 Å². The Morgan fingerprint density at radius 3 is 2.71 bits per heavy atom. The number of hydrogen-bond acceptors (Lipinski definition) is 3. The number of rotatable bonds is 5. The minimum Gasteiger partial charge on any atom is -0.384 e. The molecule has 0 saturated heterocycles. The van der Waals surface area contributed by atoms with E-state index in [9.17, 15) is 0 Å². The first-order valence-electron chi connectivity index (χ1n) is 5.33. The Morgan fingerprint density at radius 1 is 1.59 bits per heavy atom. The van der Waals surface area contributed by atoms with E-state index in [1.165, 1.54) is 0 Å². The highest BCUT2D eigenvalue weighted by Gasteiger charge is 2.13. The van der Waals surface area contributed by atoms with E-state index in [0.717, 1.165) is 5.69 Å². The van der Waals surface area contributed by atoms with Gasteiger partial charge >= 0.3 is 0 Å². The third kappa shape index (κ3) is 3.35. The molecule has 5 heteroatoms. The largest absolute Gasteiger partial charge is 0.384 e. The van der Waals surface area contributed by atoms with Crippen molar-refractivity contribution in [1.29, 1.82) is 5.41 Å². The fourth-order valence-electron chi connectivity index (χ4n) is 1.55. The quantitative estimate of drug-likeness (QED) is 0.626. The molecule has 0 aliphatic carbocycles. The maximum atomic E-state index is 7.35. The molecule has 1 aromatic carbocycles. The van der Waals surface area contributed by atoms with Crippen LogP contribution in [0.1, 0.15) is 12.5 Å². The molecule has 0 radical (unpaired) electrons. The van der Waals surface area contributed by atoms with Crippen LogP contribution in [0, 0.1) is 5.41 Å². The summed E-state index contributed by atoms with van der Waals surface area (Å²) in [6, 6.07) is 5.58. The van der Waals surface area contributed by atoms with Crippen molar-refractivity contribution < 1.29 is 4.74 Å². The van der Waals surface area contributed by atoms with E-state index in [1.807, 2.05) is 18.0 Å². The normalized spacial score (nSPS) is 12.2. The van der Waals surface area contributed by atoms with Crippen molar-refractivity contribution in [3.05, 3.63) is 28.8 Å². The van der Waals surface area contributed by atoms with Crippen molar-refractivity contribution >= 4 is 23.1 Å². The van der Waals surface area contributed by atoms with Gasteiger partial charge in [0.05, 0.1) is 17.3 Å². The summed E-state index contributed by atoms with van der Waals surface area (Å²) < 4.78 is 5.11. The van der Waals surface area contributed by atoms with Gasteiger partial charge in [0.25, 0.3) is 0 Å². The lowest BCUT2D eigenvalue weighted by atomic mass is 10.1. The molecule has 0 saturated carbocycles. The van der Waals surface area contributed by atoms with Crippen LogP contribution in [0.4, 0.5) is 5.69 Å². The molecule has 0 bridgehead atoms. The van der Waals surface area contributed by atoms with Crippen molar-refractivity contribution in [1.82, 2.24) is 0 Å². The maximum Gasteiger partial charge on any atom is 0.122 e. The predicted octanol–water partition coefficient (Wildman–Crippen LogP) is 2.10. The highest BCUT2D eigenvalue weighted by Crippen LogP contribution is 2.27. The van der Waals surface area contributed by atoms with Gasteiger partial charge in [-0.05, 0) is 25.1 Å². The highest BCUT2D eigenvalue weighted by molar-refractivity contribution is 6.33. The number of benzene rings is 1. The van der Waals surface area contributed by atoms with Crippen LogP contribution in [0.25, 0.3) is 0 Å². The van der Waals surface area contributed by atoms with Crippen molar-refractivity contribution in [3.63, 3.8) is 0 Å². The van der Waals surface area contributed by atoms with E-state index < -0.39 is 0 Å². The molecular weight excluding hydrogens is 238 g/mol. The number of nitrogen functional groups attached to an aromatic ring is 1. The van der Waals surface area contributed by atoms with E-state index in [1.54, 1.807) is 19.2 Å². The van der Waals surface area contributed by atoms with Crippen LogP contribution in [-0.4, -0.2) is 32.6 Å². The molecule has 1 aromatic rings. The average molecular weight is 256 g/mol. The van der Waals surface area contributed by atoms with Crippen LogP contribution in [0.3, 0.4) is 0 Å². The van der Waals surface area contributed by atoms with Gasteiger partial charge in [0.15, 0.2) is 0 Å². The summed E-state index contributed by atoms with van der Waals surface area (Å²) >= 11 is 6.18. The van der Waals surface area contributed by atoms with E-state index in [2.05, 4.69) is 6.92 Å². The molecule has 4 nitrogen and oxygen atoms in total. The Hall–Kier alpha value is -1.26. The molecule has 17 heavy (non-hydrogen) atoms. The van der Waals surface area contributed by atoms with Crippen LogP contribution in [0.5, 0.6) is 0 Å². The Bertz CT molecular complexity index is 409. The number of nitrogens with two attached hydrogens (primary N) is 1. The van der Waals surface area contributed by atoms with Gasteiger partial charge in [0, 0.05) is 25.8 Å². The van der Waals surface area contributed by atoms with Crippen LogP contribution >= 0.6 is 11.6 Å². The second-order valence-electron chi connectivity index (χ2n) is 4.00. The first-order valence-corrected chi connectivity index (χ1v) is 5.71. The van der Waals surface area contributed by atoms with Gasteiger partial charge in [-0.3, -0.25) is 5.41 Å². The zero-order valence-corrected chi connectivity index (χ0v) is 11.1. The Kier molecular flexibility index (Phi) is 4.78. The molecule has 0 aromatic heterocycles. The average Bonchev–Trinajstić information content (AvgIpc) is 2.28. The van der Waals surface area contributed by atoms with Gasteiger partial charge in [-0.15, -0.1) is 0 Å². The number of ether oxygens (including phenoxy) is 1. The Morgan fingerprint density at radius 2 is 2.24 bits per heavy atom. The summed E-state index contributed by atoms with van der Waals surface area (Å²) in [4.78, 5) is 2.04. The molecule has 1 atom stereocenters. The van der Waals surface area contributed by atoms with Gasteiger partial charge < -0.3 is 15.4 Å². The molecule has 3 N–H and O–H groups in total. The minimum absolute atomic E-state index is 0.0195. The number of amidine groups is 1. The lowest BCUT2D eigenvalue weighted by Gasteiger charge is -2.27. The smallest absolute Gasteiger partial charge is 0.122 e. The van der Waals surface area contributed by atoms with Crippen LogP contribution in [-0.2, 0) is 4.74 Å². The maximum absolute atomic E-state index is 7.35. The fraction of sp³-hybridized carbons (Fsp3) is 0.417. The third-order valence-electron chi connectivity index (χ3n) is 2.71. The number of anilines is 1. The fourth-order valence-corrected chi connectivity index (χ4v) is 1.86. The lowest BCUT2D eigenvalue weighted by Crippen LogP contribution is -2.32. The third-order valence-corrected chi connectivity index (χ3v) is 3.01. The second-order valence-corrected chi connectivity index (χ2v) is 4.40. The summed E-state index contributed by atoms with van der Waals surface area (Å²) in [5, 5.41) is 7.93. The zero-order valence-electron chi connectivity index (χ0n) is 10.3. The van der Waals surface area contributed by atoms with Gasteiger partial charge in [0.2, 0.25) is 0 Å². The summed E-state index contributed by atoms with van der Waals surface area (Å²) in [5.41, 5.74) is 6.94. The predicted molar refractivity (Wildman–Crippen MR) is 72.2 cm³/mol. The number of likely N-dealkylation sites (N-methyl/N-ethyl adjacent to an activating group) is 1. The van der Waals surface area contributed by atoms with Crippen molar-refractivity contribution in [2.45, 2.75) is 13.0 Å². The first kappa shape index (κ1) is 13.8. The number of methoxy groups -OCH3 is 1. The number of hydrogen-bond donors (Lipinski definition) is 2. The van der Waals surface area contributed by atoms with Crippen LogP contribution < -0.4 is 10.6 Å². The summed E-state index contributed by atoms with van der Waals surface area (Å²) in [7, 11) is 3.63. The summed E-state index contributed by atoms with van der Waals surface area (Å²) in [6.07, 6.45) is 0. The molecule has 0 spiro atoms. The molecule has 94 valence electrons. The standard InChI is InChI=1S/C12H18ClN3O/c1-8(7-17-3)16(2)11-5-4-9(12(14)15)6-10(11)13/h4-6,8H,7H2,1-3H3,(H3,14,15). The molecule has 0 aliphatic rings. The van der Waals surface area contributed by atoms with Gasteiger partial charge in [0.1, 0.15) is 5.84 Å². The molecule has 0 fully saturated rings. The Labute approximate surface area is 107 Å². The highest BCUT2D eigenvalue weighted by atomic mass is 35.5. The van der Waals surface area contributed by atoms with Crippen molar-refractivity contribution in [3.8, 4) is 0 Å². The van der Waals surface area contributed by atoms with Gasteiger partial charge in [-0.1, -0.05) is 11.6 Å².